The van der Waals surface area contributed by atoms with Crippen LogP contribution >= 0.6 is 0 Å². The van der Waals surface area contributed by atoms with Gasteiger partial charge in [-0.2, -0.15) is 0 Å². The zero-order chi connectivity index (χ0) is 14.5. The van der Waals surface area contributed by atoms with E-state index in [0.29, 0.717) is 11.3 Å². The summed E-state index contributed by atoms with van der Waals surface area (Å²) in [5, 5.41) is 0. The fraction of sp³-hybridized carbons (Fsp3) is 0.588. The Balaban J connectivity index is 2.24. The molecule has 0 aromatic heterocycles. The van der Waals surface area contributed by atoms with Gasteiger partial charge in [-0.1, -0.05) is 19.3 Å². The fourth-order valence-corrected chi connectivity index (χ4v) is 2.81. The van der Waals surface area contributed by atoms with Crippen molar-refractivity contribution in [3.8, 4) is 11.5 Å². The molecular weight excluding hydrogens is 252 g/mol. The van der Waals surface area contributed by atoms with Gasteiger partial charge in [0, 0.05) is 5.92 Å². The lowest BCUT2D eigenvalue weighted by Gasteiger charge is -2.21. The number of benzene rings is 1. The minimum Gasteiger partial charge on any atom is -0.496 e. The molecule has 3 heteroatoms. The quantitative estimate of drug-likeness (QED) is 0.754. The summed E-state index contributed by atoms with van der Waals surface area (Å²) in [5.41, 5.74) is 0.664. The predicted molar refractivity (Wildman–Crippen MR) is 79.7 cm³/mol. The maximum absolute atomic E-state index is 12.7. The van der Waals surface area contributed by atoms with E-state index >= 15 is 0 Å². The Kier molecular flexibility index (Phi) is 5.05. The number of carbonyl (C=O) groups is 1. The maximum Gasteiger partial charge on any atom is 0.169 e. The normalized spacial score (nSPS) is 16.2. The van der Waals surface area contributed by atoms with Crippen LogP contribution < -0.4 is 9.47 Å². The zero-order valence-corrected chi connectivity index (χ0v) is 12.6. The topological polar surface area (TPSA) is 35.5 Å². The second-order valence-corrected chi connectivity index (χ2v) is 5.73. The Morgan fingerprint density at radius 1 is 1.20 bits per heavy atom. The van der Waals surface area contributed by atoms with Gasteiger partial charge in [-0.05, 0) is 44.9 Å². The average molecular weight is 276 g/mol. The number of ketones is 1. The Hall–Kier alpha value is -1.51. The van der Waals surface area contributed by atoms with Crippen LogP contribution in [-0.2, 0) is 0 Å². The highest BCUT2D eigenvalue weighted by Gasteiger charge is 2.25. The van der Waals surface area contributed by atoms with Crippen LogP contribution in [0.1, 0.15) is 56.3 Å². The fourth-order valence-electron chi connectivity index (χ4n) is 2.81. The number of carbonyl (C=O) groups excluding carboxylic acids is 1. The van der Waals surface area contributed by atoms with Crippen molar-refractivity contribution in [1.29, 1.82) is 0 Å². The van der Waals surface area contributed by atoms with Crippen molar-refractivity contribution in [1.82, 2.24) is 0 Å². The first-order valence-electron chi connectivity index (χ1n) is 7.50. The van der Waals surface area contributed by atoms with Gasteiger partial charge in [0.2, 0.25) is 0 Å². The molecule has 1 aromatic carbocycles. The molecule has 1 aromatic rings. The minimum absolute atomic E-state index is 0.0982. The van der Waals surface area contributed by atoms with Gasteiger partial charge in [-0.15, -0.1) is 0 Å². The van der Waals surface area contributed by atoms with E-state index < -0.39 is 0 Å². The molecule has 0 heterocycles. The molecule has 1 aliphatic rings. The molecule has 0 spiro atoms. The smallest absolute Gasteiger partial charge is 0.169 e. The Bertz CT molecular complexity index is 459. The molecular formula is C17H24O3. The van der Waals surface area contributed by atoms with Crippen LogP contribution in [0.4, 0.5) is 0 Å². The molecule has 1 saturated carbocycles. The predicted octanol–water partition coefficient (Wildman–Crippen LogP) is 4.25. The first kappa shape index (κ1) is 14.9. The lowest BCUT2D eigenvalue weighted by Crippen LogP contribution is -2.18. The largest absolute Gasteiger partial charge is 0.496 e. The SMILES string of the molecule is COc1ccc(OC(C)C)cc1C(=O)C1CCCCC1. The highest BCUT2D eigenvalue weighted by Crippen LogP contribution is 2.32. The van der Waals surface area contributed by atoms with E-state index in [9.17, 15) is 4.79 Å². The van der Waals surface area contributed by atoms with E-state index in [0.717, 1.165) is 31.4 Å². The van der Waals surface area contributed by atoms with Crippen LogP contribution in [0.15, 0.2) is 18.2 Å². The van der Waals surface area contributed by atoms with Crippen molar-refractivity contribution in [3.05, 3.63) is 23.8 Å². The van der Waals surface area contributed by atoms with Gasteiger partial charge in [0.05, 0.1) is 18.8 Å². The van der Waals surface area contributed by atoms with Gasteiger partial charge >= 0.3 is 0 Å². The van der Waals surface area contributed by atoms with E-state index in [-0.39, 0.29) is 17.8 Å². The van der Waals surface area contributed by atoms with Crippen molar-refractivity contribution in [2.24, 2.45) is 5.92 Å². The number of ether oxygens (including phenoxy) is 2. The summed E-state index contributed by atoms with van der Waals surface area (Å²) in [6.07, 6.45) is 5.65. The van der Waals surface area contributed by atoms with Gasteiger partial charge < -0.3 is 9.47 Å². The Morgan fingerprint density at radius 2 is 1.90 bits per heavy atom. The lowest BCUT2D eigenvalue weighted by atomic mass is 9.83. The molecule has 0 radical (unpaired) electrons. The molecule has 0 unspecified atom stereocenters. The van der Waals surface area contributed by atoms with Gasteiger partial charge in [0.1, 0.15) is 11.5 Å². The van der Waals surface area contributed by atoms with Crippen molar-refractivity contribution < 1.29 is 14.3 Å². The van der Waals surface area contributed by atoms with Crippen LogP contribution in [-0.4, -0.2) is 19.0 Å². The molecule has 3 nitrogen and oxygen atoms in total. The summed E-state index contributed by atoms with van der Waals surface area (Å²) in [5.74, 6) is 1.74. The van der Waals surface area contributed by atoms with Crippen LogP contribution in [0.2, 0.25) is 0 Å². The molecule has 2 rings (SSSR count). The third-order valence-electron chi connectivity index (χ3n) is 3.78. The standard InChI is InChI=1S/C17H24O3/c1-12(2)20-14-9-10-16(19-3)15(11-14)17(18)13-7-5-4-6-8-13/h9-13H,4-8H2,1-3H3. The van der Waals surface area contributed by atoms with E-state index in [1.54, 1.807) is 7.11 Å². The summed E-state index contributed by atoms with van der Waals surface area (Å²) in [6, 6.07) is 5.51. The molecule has 110 valence electrons. The summed E-state index contributed by atoms with van der Waals surface area (Å²) in [4.78, 5) is 12.7. The van der Waals surface area contributed by atoms with Crippen LogP contribution in [0.5, 0.6) is 11.5 Å². The highest BCUT2D eigenvalue weighted by molar-refractivity contribution is 6.00. The lowest BCUT2D eigenvalue weighted by molar-refractivity contribution is 0.0885. The van der Waals surface area contributed by atoms with Gasteiger partial charge in [-0.25, -0.2) is 0 Å². The van der Waals surface area contributed by atoms with Gasteiger partial charge in [0.15, 0.2) is 5.78 Å². The molecule has 0 saturated heterocycles. The molecule has 0 N–H and O–H groups in total. The van der Waals surface area contributed by atoms with Crippen LogP contribution in [0.25, 0.3) is 0 Å². The molecule has 0 amide bonds. The molecule has 1 fully saturated rings. The first-order chi connectivity index (χ1) is 9.61. The molecule has 0 aliphatic heterocycles. The van der Waals surface area contributed by atoms with Crippen molar-refractivity contribution in [2.75, 3.05) is 7.11 Å². The van der Waals surface area contributed by atoms with Crippen molar-refractivity contribution in [3.63, 3.8) is 0 Å². The summed E-state index contributed by atoms with van der Waals surface area (Å²) in [6.45, 7) is 3.96. The maximum atomic E-state index is 12.7. The number of rotatable bonds is 5. The number of methoxy groups -OCH3 is 1. The van der Waals surface area contributed by atoms with Crippen molar-refractivity contribution >= 4 is 5.78 Å². The Labute approximate surface area is 121 Å². The van der Waals surface area contributed by atoms with E-state index in [1.807, 2.05) is 32.0 Å². The highest BCUT2D eigenvalue weighted by atomic mass is 16.5. The van der Waals surface area contributed by atoms with Crippen LogP contribution in [0.3, 0.4) is 0 Å². The monoisotopic (exact) mass is 276 g/mol. The minimum atomic E-state index is 0.0982. The third-order valence-corrected chi connectivity index (χ3v) is 3.78. The molecule has 0 bridgehead atoms. The summed E-state index contributed by atoms with van der Waals surface area (Å²) in [7, 11) is 1.61. The number of Topliss-reactive ketones (excluding diaryl/α,β-unsaturated/α-hetero) is 1. The number of hydrogen-bond donors (Lipinski definition) is 0. The van der Waals surface area contributed by atoms with E-state index in [4.69, 9.17) is 9.47 Å². The van der Waals surface area contributed by atoms with E-state index in [1.165, 1.54) is 6.42 Å². The number of hydrogen-bond acceptors (Lipinski definition) is 3. The summed E-state index contributed by atoms with van der Waals surface area (Å²) >= 11 is 0. The third kappa shape index (κ3) is 3.53. The van der Waals surface area contributed by atoms with Crippen LogP contribution in [0, 0.1) is 5.92 Å². The molecule has 0 atom stereocenters. The van der Waals surface area contributed by atoms with Gasteiger partial charge in [-0.3, -0.25) is 4.79 Å². The van der Waals surface area contributed by atoms with E-state index in [2.05, 4.69) is 0 Å². The van der Waals surface area contributed by atoms with Crippen molar-refractivity contribution in [2.45, 2.75) is 52.1 Å². The second kappa shape index (κ2) is 6.78. The zero-order valence-electron chi connectivity index (χ0n) is 12.6. The summed E-state index contributed by atoms with van der Waals surface area (Å²) < 4.78 is 11.0. The molecule has 20 heavy (non-hydrogen) atoms. The van der Waals surface area contributed by atoms with Gasteiger partial charge in [0.25, 0.3) is 0 Å². The Morgan fingerprint density at radius 3 is 2.50 bits per heavy atom. The average Bonchev–Trinajstić information content (AvgIpc) is 2.46. The first-order valence-corrected chi connectivity index (χ1v) is 7.50. The second-order valence-electron chi connectivity index (χ2n) is 5.73. The molecule has 1 aliphatic carbocycles.